The second-order valence-corrected chi connectivity index (χ2v) is 1.94. The quantitative estimate of drug-likeness (QED) is 0.666. The maximum atomic E-state index is 11.7. The first-order valence-corrected chi connectivity index (χ1v) is 3.20. The number of nitrogens with zero attached hydrogens (tertiary/aromatic N) is 2. The van der Waals surface area contributed by atoms with Crippen LogP contribution in [0.2, 0.25) is 0 Å². The molecule has 0 saturated carbocycles. The molecular weight excluding hydrogens is 147 g/mol. The van der Waals surface area contributed by atoms with E-state index in [2.05, 4.69) is 15.3 Å². The monoisotopic (exact) mass is 156 g/mol. The van der Waals surface area contributed by atoms with Gasteiger partial charge in [0.15, 0.2) is 5.82 Å². The average molecular weight is 156 g/mol. The lowest BCUT2D eigenvalue weighted by Gasteiger charge is -2.03. The van der Waals surface area contributed by atoms with Gasteiger partial charge >= 0.3 is 0 Å². The van der Waals surface area contributed by atoms with Crippen LogP contribution in [0.5, 0.6) is 0 Å². The van der Waals surface area contributed by atoms with Crippen molar-refractivity contribution in [1.82, 2.24) is 9.97 Å². The number of hydrogen-bond donors (Lipinski definition) is 2. The summed E-state index contributed by atoms with van der Waals surface area (Å²) in [6.07, 6.45) is 2.82. The van der Waals surface area contributed by atoms with E-state index in [0.29, 0.717) is 11.5 Å². The third-order valence-corrected chi connectivity index (χ3v) is 1.13. The molecule has 1 aromatic heterocycles. The molecular formula is C6H9FN4. The highest BCUT2D eigenvalue weighted by molar-refractivity contribution is 5.58. The van der Waals surface area contributed by atoms with Crippen molar-refractivity contribution in [2.75, 3.05) is 24.3 Å². The second kappa shape index (κ2) is 3.70. The van der Waals surface area contributed by atoms with Gasteiger partial charge in [0.05, 0.1) is 11.9 Å². The summed E-state index contributed by atoms with van der Waals surface area (Å²) in [5, 5.41) is 2.71. The zero-order chi connectivity index (χ0) is 8.10. The Morgan fingerprint density at radius 3 is 3.09 bits per heavy atom. The molecule has 0 bridgehead atoms. The summed E-state index contributed by atoms with van der Waals surface area (Å²) in [5.41, 5.74) is 5.88. The van der Waals surface area contributed by atoms with Crippen molar-refractivity contribution < 1.29 is 4.39 Å². The lowest BCUT2D eigenvalue weighted by atomic mass is 10.5. The van der Waals surface area contributed by atoms with Crippen molar-refractivity contribution in [3.63, 3.8) is 0 Å². The van der Waals surface area contributed by atoms with Crippen LogP contribution in [0.3, 0.4) is 0 Å². The first kappa shape index (κ1) is 7.71. The second-order valence-electron chi connectivity index (χ2n) is 1.94. The molecule has 0 fully saturated rings. The fraction of sp³-hybridized carbons (Fsp3) is 0.333. The summed E-state index contributed by atoms with van der Waals surface area (Å²) in [5.74, 6) is 0.484. The topological polar surface area (TPSA) is 63.8 Å². The molecule has 11 heavy (non-hydrogen) atoms. The van der Waals surface area contributed by atoms with Gasteiger partial charge in [-0.05, 0) is 0 Å². The summed E-state index contributed by atoms with van der Waals surface area (Å²) >= 11 is 0. The van der Waals surface area contributed by atoms with Crippen LogP contribution in [0.25, 0.3) is 0 Å². The molecule has 1 rings (SSSR count). The molecule has 1 aromatic rings. The normalized spacial score (nSPS) is 9.55. The fourth-order valence-electron chi connectivity index (χ4n) is 0.654. The van der Waals surface area contributed by atoms with E-state index in [0.717, 1.165) is 0 Å². The molecule has 1 heterocycles. The molecule has 4 nitrogen and oxygen atoms in total. The number of nitrogens with one attached hydrogen (secondary N) is 1. The molecule has 0 spiro atoms. The van der Waals surface area contributed by atoms with Gasteiger partial charge in [-0.1, -0.05) is 0 Å². The van der Waals surface area contributed by atoms with Crippen LogP contribution in [-0.2, 0) is 0 Å². The smallest absolute Gasteiger partial charge is 0.152 e. The molecule has 0 aromatic carbocycles. The first-order chi connectivity index (χ1) is 5.34. The molecule has 0 aliphatic heterocycles. The number of aromatic nitrogens is 2. The third-order valence-electron chi connectivity index (χ3n) is 1.13. The molecule has 0 saturated heterocycles. The van der Waals surface area contributed by atoms with E-state index >= 15 is 0 Å². The SMILES string of the molecule is Nc1cncnc1NCCF. The van der Waals surface area contributed by atoms with Gasteiger partial charge in [-0.3, -0.25) is 0 Å². The molecule has 0 aliphatic rings. The predicted octanol–water partition coefficient (Wildman–Crippen LogP) is 0.440. The molecule has 0 amide bonds. The maximum Gasteiger partial charge on any atom is 0.152 e. The summed E-state index contributed by atoms with van der Waals surface area (Å²) in [6.45, 7) is -0.218. The van der Waals surface area contributed by atoms with Crippen molar-refractivity contribution in [3.05, 3.63) is 12.5 Å². The van der Waals surface area contributed by atoms with Crippen LogP contribution in [-0.4, -0.2) is 23.2 Å². The Hall–Kier alpha value is -1.39. The van der Waals surface area contributed by atoms with E-state index < -0.39 is 6.67 Å². The van der Waals surface area contributed by atoms with E-state index in [1.807, 2.05) is 0 Å². The Balaban J connectivity index is 2.62. The number of hydrogen-bond acceptors (Lipinski definition) is 4. The zero-order valence-corrected chi connectivity index (χ0v) is 5.92. The van der Waals surface area contributed by atoms with Gasteiger partial charge in [0, 0.05) is 6.54 Å². The van der Waals surface area contributed by atoms with Gasteiger partial charge in [-0.15, -0.1) is 0 Å². The largest absolute Gasteiger partial charge is 0.394 e. The van der Waals surface area contributed by atoms with Gasteiger partial charge in [0.1, 0.15) is 13.0 Å². The molecule has 0 radical (unpaired) electrons. The highest BCUT2D eigenvalue weighted by Crippen LogP contribution is 2.10. The summed E-state index contributed by atoms with van der Waals surface area (Å²) in [7, 11) is 0. The highest BCUT2D eigenvalue weighted by atomic mass is 19.1. The minimum Gasteiger partial charge on any atom is -0.394 e. The van der Waals surface area contributed by atoms with E-state index in [4.69, 9.17) is 5.73 Å². The van der Waals surface area contributed by atoms with E-state index in [-0.39, 0.29) is 6.54 Å². The fourth-order valence-corrected chi connectivity index (χ4v) is 0.654. The minimum absolute atomic E-state index is 0.223. The molecule has 60 valence electrons. The van der Waals surface area contributed by atoms with Crippen LogP contribution in [0.4, 0.5) is 15.9 Å². The Morgan fingerprint density at radius 1 is 1.64 bits per heavy atom. The Labute approximate surface area is 63.7 Å². The van der Waals surface area contributed by atoms with Crippen LogP contribution < -0.4 is 11.1 Å². The van der Waals surface area contributed by atoms with Crippen LogP contribution >= 0.6 is 0 Å². The average Bonchev–Trinajstić information content (AvgIpc) is 2.03. The van der Waals surface area contributed by atoms with Gasteiger partial charge in [-0.2, -0.15) is 0 Å². The number of rotatable bonds is 3. The summed E-state index contributed by atoms with van der Waals surface area (Å²) in [6, 6.07) is 0. The molecule has 0 unspecified atom stereocenters. The highest BCUT2D eigenvalue weighted by Gasteiger charge is 1.96. The first-order valence-electron chi connectivity index (χ1n) is 3.20. The Bertz CT molecular complexity index is 228. The Morgan fingerprint density at radius 2 is 2.45 bits per heavy atom. The van der Waals surface area contributed by atoms with Gasteiger partial charge in [-0.25, -0.2) is 14.4 Å². The van der Waals surface area contributed by atoms with Crippen molar-refractivity contribution in [3.8, 4) is 0 Å². The summed E-state index contributed by atoms with van der Waals surface area (Å²) < 4.78 is 11.7. The van der Waals surface area contributed by atoms with Crippen molar-refractivity contribution in [2.45, 2.75) is 0 Å². The zero-order valence-electron chi connectivity index (χ0n) is 5.92. The molecule has 5 heteroatoms. The van der Waals surface area contributed by atoms with Crippen LogP contribution in [0.15, 0.2) is 12.5 Å². The number of nitrogens with two attached hydrogens (primary N) is 1. The van der Waals surface area contributed by atoms with Gasteiger partial charge in [0.2, 0.25) is 0 Å². The number of anilines is 2. The number of halogens is 1. The Kier molecular flexibility index (Phi) is 2.59. The van der Waals surface area contributed by atoms with Crippen molar-refractivity contribution >= 4 is 11.5 Å². The van der Waals surface area contributed by atoms with E-state index in [9.17, 15) is 4.39 Å². The van der Waals surface area contributed by atoms with Crippen LogP contribution in [0.1, 0.15) is 0 Å². The number of nitrogen functional groups attached to an aromatic ring is 1. The van der Waals surface area contributed by atoms with Crippen molar-refractivity contribution in [1.29, 1.82) is 0 Å². The summed E-state index contributed by atoms with van der Waals surface area (Å²) in [4.78, 5) is 7.49. The van der Waals surface area contributed by atoms with Crippen molar-refractivity contribution in [2.24, 2.45) is 0 Å². The lowest BCUT2D eigenvalue weighted by molar-refractivity contribution is 0.512. The predicted molar refractivity (Wildman–Crippen MR) is 40.9 cm³/mol. The lowest BCUT2D eigenvalue weighted by Crippen LogP contribution is -2.07. The van der Waals surface area contributed by atoms with Gasteiger partial charge in [0.25, 0.3) is 0 Å². The van der Waals surface area contributed by atoms with Crippen LogP contribution in [0, 0.1) is 0 Å². The molecule has 0 aliphatic carbocycles. The number of alkyl halides is 1. The minimum atomic E-state index is -0.441. The molecule has 0 atom stereocenters. The van der Waals surface area contributed by atoms with E-state index in [1.165, 1.54) is 12.5 Å². The van der Waals surface area contributed by atoms with Gasteiger partial charge < -0.3 is 11.1 Å². The third kappa shape index (κ3) is 2.03. The standard InChI is InChI=1S/C6H9FN4/c7-1-2-10-6-5(8)3-9-4-11-6/h3-4H,1-2,8H2,(H,9,10,11). The maximum absolute atomic E-state index is 11.7. The molecule has 3 N–H and O–H groups in total. The van der Waals surface area contributed by atoms with E-state index in [1.54, 1.807) is 0 Å².